The highest BCUT2D eigenvalue weighted by Crippen LogP contribution is 2.16. The number of hydrogen-bond acceptors (Lipinski definition) is 5. The van der Waals surface area contributed by atoms with Crippen LogP contribution >= 0.6 is 0 Å². The van der Waals surface area contributed by atoms with Crippen molar-refractivity contribution in [2.45, 2.75) is 309 Å². The average molecular weight is 926 g/mol. The zero-order valence-electron chi connectivity index (χ0n) is 44.5. The lowest BCUT2D eigenvalue weighted by molar-refractivity contribution is -0.163. The van der Waals surface area contributed by atoms with Gasteiger partial charge < -0.3 is 14.2 Å². The Morgan fingerprint density at radius 2 is 0.682 bits per heavy atom. The Morgan fingerprint density at radius 1 is 0.348 bits per heavy atom. The third kappa shape index (κ3) is 54.5. The van der Waals surface area contributed by atoms with Crippen LogP contribution < -0.4 is 0 Å². The maximum Gasteiger partial charge on any atom is 0.306 e. The van der Waals surface area contributed by atoms with Crippen molar-refractivity contribution in [3.05, 3.63) is 48.6 Å². The molecule has 5 heteroatoms. The first-order valence-corrected chi connectivity index (χ1v) is 29.2. The van der Waals surface area contributed by atoms with Crippen molar-refractivity contribution in [3.8, 4) is 0 Å². The maximum atomic E-state index is 12.8. The molecule has 0 amide bonds. The van der Waals surface area contributed by atoms with Crippen molar-refractivity contribution >= 4 is 11.9 Å². The Kier molecular flexibility index (Phi) is 55.3. The molecule has 1 unspecified atom stereocenters. The lowest BCUT2D eigenvalue weighted by atomic mass is 10.0. The predicted octanol–water partition coefficient (Wildman–Crippen LogP) is 19.9. The lowest BCUT2D eigenvalue weighted by Gasteiger charge is -2.18. The minimum absolute atomic E-state index is 0.0797. The van der Waals surface area contributed by atoms with Crippen molar-refractivity contribution < 1.29 is 23.8 Å². The minimum atomic E-state index is -0.546. The number of rotatable bonds is 54. The van der Waals surface area contributed by atoms with E-state index in [0.717, 1.165) is 70.6 Å². The fraction of sp³-hybridized carbons (Fsp3) is 0.836. The van der Waals surface area contributed by atoms with Crippen LogP contribution in [0.15, 0.2) is 48.6 Å². The van der Waals surface area contributed by atoms with E-state index >= 15 is 0 Å². The Balaban J connectivity index is 4.25. The van der Waals surface area contributed by atoms with Crippen molar-refractivity contribution in [1.29, 1.82) is 0 Å². The highest BCUT2D eigenvalue weighted by Gasteiger charge is 2.17. The minimum Gasteiger partial charge on any atom is -0.462 e. The first-order chi connectivity index (χ1) is 32.6. The SMILES string of the molecule is CC/C=C\C/C=C\C/C=C\CCCCCCCC(=O)OC(COCCCCCCCC/C=C\CCCCCCCC)COC(=O)CCCCCCCCCCCCCCCCCCCCC. The van der Waals surface area contributed by atoms with E-state index in [1.807, 2.05) is 0 Å². The van der Waals surface area contributed by atoms with Gasteiger partial charge in [-0.2, -0.15) is 0 Å². The largest absolute Gasteiger partial charge is 0.462 e. The van der Waals surface area contributed by atoms with Crippen LogP contribution in [-0.2, 0) is 23.8 Å². The number of ether oxygens (including phenoxy) is 3. The first kappa shape index (κ1) is 63.9. The van der Waals surface area contributed by atoms with E-state index in [1.165, 1.54) is 199 Å². The molecule has 0 aromatic carbocycles. The van der Waals surface area contributed by atoms with Gasteiger partial charge in [0.25, 0.3) is 0 Å². The maximum absolute atomic E-state index is 12.8. The first-order valence-electron chi connectivity index (χ1n) is 29.2. The summed E-state index contributed by atoms with van der Waals surface area (Å²) in [6, 6.07) is 0. The highest BCUT2D eigenvalue weighted by atomic mass is 16.6. The molecule has 5 nitrogen and oxygen atoms in total. The molecule has 66 heavy (non-hydrogen) atoms. The number of carbonyl (C=O) groups excluding carboxylic acids is 2. The topological polar surface area (TPSA) is 61.8 Å². The van der Waals surface area contributed by atoms with Gasteiger partial charge in [0.05, 0.1) is 6.61 Å². The van der Waals surface area contributed by atoms with Crippen molar-refractivity contribution in [1.82, 2.24) is 0 Å². The molecule has 0 rings (SSSR count). The van der Waals surface area contributed by atoms with Gasteiger partial charge in [-0.3, -0.25) is 9.59 Å². The molecular formula is C61H112O5. The molecule has 0 N–H and O–H groups in total. The van der Waals surface area contributed by atoms with Crippen molar-refractivity contribution in [2.75, 3.05) is 19.8 Å². The highest BCUT2D eigenvalue weighted by molar-refractivity contribution is 5.70. The Hall–Kier alpha value is -2.14. The van der Waals surface area contributed by atoms with Crippen LogP contribution in [0.25, 0.3) is 0 Å². The smallest absolute Gasteiger partial charge is 0.306 e. The molecule has 0 heterocycles. The van der Waals surface area contributed by atoms with Crippen LogP contribution in [0.5, 0.6) is 0 Å². The molecule has 386 valence electrons. The summed E-state index contributed by atoms with van der Waals surface area (Å²) < 4.78 is 17.5. The zero-order valence-corrected chi connectivity index (χ0v) is 44.5. The van der Waals surface area contributed by atoms with E-state index in [4.69, 9.17) is 14.2 Å². The quantitative estimate of drug-likeness (QED) is 0.0345. The van der Waals surface area contributed by atoms with Crippen LogP contribution in [-0.4, -0.2) is 37.9 Å². The van der Waals surface area contributed by atoms with Gasteiger partial charge in [0.1, 0.15) is 6.61 Å². The fourth-order valence-electron chi connectivity index (χ4n) is 8.52. The van der Waals surface area contributed by atoms with E-state index in [0.29, 0.717) is 19.4 Å². The second-order valence-electron chi connectivity index (χ2n) is 19.5. The summed E-state index contributed by atoms with van der Waals surface area (Å²) in [5, 5.41) is 0. The number of unbranched alkanes of at least 4 members (excludes halogenated alkanes) is 35. The third-order valence-corrected chi connectivity index (χ3v) is 12.8. The molecule has 0 aliphatic rings. The third-order valence-electron chi connectivity index (χ3n) is 12.8. The zero-order chi connectivity index (χ0) is 47.7. The van der Waals surface area contributed by atoms with Gasteiger partial charge in [-0.1, -0.05) is 262 Å². The van der Waals surface area contributed by atoms with Gasteiger partial charge >= 0.3 is 11.9 Å². The summed E-state index contributed by atoms with van der Waals surface area (Å²) in [6.07, 6.45) is 71.3. The molecule has 0 radical (unpaired) electrons. The van der Waals surface area contributed by atoms with Crippen LogP contribution in [0.2, 0.25) is 0 Å². The van der Waals surface area contributed by atoms with E-state index in [1.54, 1.807) is 0 Å². The van der Waals surface area contributed by atoms with Crippen LogP contribution in [0, 0.1) is 0 Å². The monoisotopic (exact) mass is 925 g/mol. The fourth-order valence-corrected chi connectivity index (χ4v) is 8.52. The van der Waals surface area contributed by atoms with Gasteiger partial charge in [0.15, 0.2) is 6.10 Å². The summed E-state index contributed by atoms with van der Waals surface area (Å²) in [6.45, 7) is 7.74. The Morgan fingerprint density at radius 3 is 1.11 bits per heavy atom. The molecule has 1 atom stereocenters. The van der Waals surface area contributed by atoms with Gasteiger partial charge in [-0.15, -0.1) is 0 Å². The molecule has 0 aliphatic heterocycles. The molecule has 0 aromatic heterocycles. The average Bonchev–Trinajstić information content (AvgIpc) is 3.32. The second kappa shape index (κ2) is 57.2. The van der Waals surface area contributed by atoms with Gasteiger partial charge in [-0.25, -0.2) is 0 Å². The summed E-state index contributed by atoms with van der Waals surface area (Å²) in [4.78, 5) is 25.5. The van der Waals surface area contributed by atoms with E-state index in [2.05, 4.69) is 69.4 Å². The summed E-state index contributed by atoms with van der Waals surface area (Å²) >= 11 is 0. The van der Waals surface area contributed by atoms with E-state index in [-0.39, 0.29) is 25.2 Å². The molecule has 0 aromatic rings. The number of hydrogen-bond donors (Lipinski definition) is 0. The number of carbonyl (C=O) groups is 2. The number of allylic oxidation sites excluding steroid dienone is 8. The molecule has 0 fully saturated rings. The Bertz CT molecular complexity index is 1090. The Labute approximate surface area is 412 Å². The molecular weight excluding hydrogens is 813 g/mol. The van der Waals surface area contributed by atoms with Gasteiger partial charge in [0.2, 0.25) is 0 Å². The summed E-state index contributed by atoms with van der Waals surface area (Å²) in [5.41, 5.74) is 0. The number of esters is 2. The van der Waals surface area contributed by atoms with E-state index in [9.17, 15) is 9.59 Å². The predicted molar refractivity (Wildman–Crippen MR) is 288 cm³/mol. The molecule has 0 spiro atoms. The standard InChI is InChI=1S/C61H112O5/c1-4-7-10-13-16-19-22-25-28-30-31-32-34-36-39-42-45-48-51-54-60(62)65-58-59(57-64-56-53-50-47-44-41-38-35-29-26-23-20-17-14-11-8-5-2)66-61(63)55-52-49-46-43-40-37-33-27-24-21-18-15-12-9-6-3/h9,12,18,21,26-27,29,33,59H,4-8,10-11,13-17,19-20,22-25,28,30-32,34-58H2,1-3H3/b12-9-,21-18-,29-26-,33-27-. The molecule has 0 aliphatic carbocycles. The van der Waals surface area contributed by atoms with E-state index < -0.39 is 6.10 Å². The normalized spacial score (nSPS) is 12.5. The molecule has 0 saturated carbocycles. The van der Waals surface area contributed by atoms with Crippen LogP contribution in [0.4, 0.5) is 0 Å². The lowest BCUT2D eigenvalue weighted by Crippen LogP contribution is -2.30. The summed E-state index contributed by atoms with van der Waals surface area (Å²) in [7, 11) is 0. The van der Waals surface area contributed by atoms with Crippen LogP contribution in [0.1, 0.15) is 303 Å². The molecule has 0 bridgehead atoms. The van der Waals surface area contributed by atoms with Gasteiger partial charge in [-0.05, 0) is 77.0 Å². The summed E-state index contributed by atoms with van der Waals surface area (Å²) in [5.74, 6) is -0.403. The second-order valence-corrected chi connectivity index (χ2v) is 19.5. The van der Waals surface area contributed by atoms with Crippen molar-refractivity contribution in [3.63, 3.8) is 0 Å². The van der Waals surface area contributed by atoms with Crippen LogP contribution in [0.3, 0.4) is 0 Å². The van der Waals surface area contributed by atoms with Crippen molar-refractivity contribution in [2.24, 2.45) is 0 Å². The molecule has 0 saturated heterocycles. The van der Waals surface area contributed by atoms with Gasteiger partial charge in [0, 0.05) is 19.4 Å².